The predicted octanol–water partition coefficient (Wildman–Crippen LogP) is 3.25. The summed E-state index contributed by atoms with van der Waals surface area (Å²) in [6, 6.07) is 11.2. The topological polar surface area (TPSA) is 90.5 Å². The minimum absolute atomic E-state index is 0.0253. The van der Waals surface area contributed by atoms with Crippen LogP contribution in [0.15, 0.2) is 42.5 Å². The van der Waals surface area contributed by atoms with Gasteiger partial charge in [0.15, 0.2) is 0 Å². The fourth-order valence-corrected chi connectivity index (χ4v) is 4.11. The van der Waals surface area contributed by atoms with Crippen LogP contribution in [0.5, 0.6) is 0 Å². The molecule has 0 spiro atoms. The van der Waals surface area contributed by atoms with Gasteiger partial charge >= 0.3 is 6.03 Å². The molecule has 1 saturated heterocycles. The Labute approximate surface area is 179 Å². The van der Waals surface area contributed by atoms with Gasteiger partial charge in [0.1, 0.15) is 6.04 Å². The summed E-state index contributed by atoms with van der Waals surface area (Å²) in [6.07, 6.45) is 0.515. The van der Waals surface area contributed by atoms with Gasteiger partial charge in [0.2, 0.25) is 5.91 Å². The number of rotatable bonds is 3. The normalized spacial score (nSPS) is 20.3. The first-order valence-electron chi connectivity index (χ1n) is 9.92. The largest absolute Gasteiger partial charge is 0.336 e. The van der Waals surface area contributed by atoms with Crippen molar-refractivity contribution in [3.8, 4) is 11.1 Å². The minimum atomic E-state index is -0.748. The number of benzene rings is 2. The van der Waals surface area contributed by atoms with Crippen molar-refractivity contribution in [2.45, 2.75) is 38.4 Å². The van der Waals surface area contributed by atoms with E-state index in [1.54, 1.807) is 29.2 Å². The molecule has 2 aromatic carbocycles. The zero-order valence-corrected chi connectivity index (χ0v) is 17.5. The van der Waals surface area contributed by atoms with Gasteiger partial charge in [0, 0.05) is 17.6 Å². The Kier molecular flexibility index (Phi) is 5.39. The van der Waals surface area contributed by atoms with Gasteiger partial charge in [0.05, 0.1) is 17.3 Å². The molecule has 156 valence electrons. The van der Waals surface area contributed by atoms with E-state index in [-0.39, 0.29) is 23.9 Å². The monoisotopic (exact) mass is 426 g/mol. The van der Waals surface area contributed by atoms with Crippen molar-refractivity contribution < 1.29 is 14.4 Å². The number of halogens is 1. The summed E-state index contributed by atoms with van der Waals surface area (Å²) in [6.45, 7) is 4.11. The van der Waals surface area contributed by atoms with Crippen LogP contribution in [-0.2, 0) is 4.79 Å². The highest BCUT2D eigenvalue weighted by molar-refractivity contribution is 6.30. The summed E-state index contributed by atoms with van der Waals surface area (Å²) in [5.74, 6) is -0.522. The molecule has 4 amide bonds. The average Bonchev–Trinajstić information content (AvgIpc) is 3.07. The maximum absolute atomic E-state index is 13.3. The number of anilines is 1. The number of urea groups is 1. The number of hydrogen-bond acceptors (Lipinski definition) is 3. The molecule has 2 atom stereocenters. The molecule has 2 aliphatic rings. The number of fused-ring (bicyclic) bond motifs is 2. The number of nitrogens with one attached hydrogen (secondary N) is 3. The van der Waals surface area contributed by atoms with Crippen LogP contribution in [0, 0.1) is 0 Å². The number of carbonyl (C=O) groups is 3. The number of carbonyl (C=O) groups excluding carboxylic acids is 3. The zero-order valence-electron chi connectivity index (χ0n) is 16.7. The van der Waals surface area contributed by atoms with E-state index in [0.717, 1.165) is 11.1 Å². The Morgan fingerprint density at radius 2 is 1.83 bits per heavy atom. The standard InChI is InChI=1S/C22H23ClN4O3/c1-12(2)24-22(30)26-18-9-10-27-19(18)20(28)25-17-8-5-14(11-16(17)21(27)29)13-3-6-15(23)7-4-13/h3-8,11-12,18-19H,9-10H2,1-2H3,(H,25,28)(H2,24,26,30)/t18-,19+/m1/s1. The smallest absolute Gasteiger partial charge is 0.315 e. The first-order chi connectivity index (χ1) is 14.3. The molecule has 4 rings (SSSR count). The fraction of sp³-hybridized carbons (Fsp3) is 0.318. The molecule has 0 unspecified atom stereocenters. The Bertz CT molecular complexity index is 1010. The van der Waals surface area contributed by atoms with E-state index in [9.17, 15) is 14.4 Å². The number of hydrogen-bond donors (Lipinski definition) is 3. The van der Waals surface area contributed by atoms with Crippen molar-refractivity contribution in [2.75, 3.05) is 11.9 Å². The van der Waals surface area contributed by atoms with Crippen LogP contribution < -0.4 is 16.0 Å². The molecule has 2 aliphatic heterocycles. The lowest BCUT2D eigenvalue weighted by Crippen LogP contribution is -2.54. The molecule has 2 aromatic rings. The lowest BCUT2D eigenvalue weighted by Gasteiger charge is -2.25. The van der Waals surface area contributed by atoms with E-state index in [2.05, 4.69) is 16.0 Å². The van der Waals surface area contributed by atoms with E-state index in [1.807, 2.05) is 32.0 Å². The number of nitrogens with zero attached hydrogens (tertiary/aromatic N) is 1. The Morgan fingerprint density at radius 3 is 2.53 bits per heavy atom. The molecule has 30 heavy (non-hydrogen) atoms. The molecule has 7 nitrogen and oxygen atoms in total. The quantitative estimate of drug-likeness (QED) is 0.703. The first kappa shape index (κ1) is 20.2. The van der Waals surface area contributed by atoms with E-state index < -0.39 is 12.1 Å². The highest BCUT2D eigenvalue weighted by Gasteiger charge is 2.45. The van der Waals surface area contributed by atoms with Crippen molar-refractivity contribution in [3.05, 3.63) is 53.1 Å². The Morgan fingerprint density at radius 1 is 1.13 bits per heavy atom. The van der Waals surface area contributed by atoms with Crippen LogP contribution in [-0.4, -0.2) is 47.4 Å². The SMILES string of the molecule is CC(C)NC(=O)N[C@@H]1CCN2C(=O)c3cc(-c4ccc(Cl)cc4)ccc3NC(=O)[C@H]12. The first-order valence-corrected chi connectivity index (χ1v) is 10.3. The fourth-order valence-electron chi connectivity index (χ4n) is 3.98. The molecule has 3 N–H and O–H groups in total. The summed E-state index contributed by atoms with van der Waals surface area (Å²) in [7, 11) is 0. The lowest BCUT2D eigenvalue weighted by atomic mass is 10.0. The van der Waals surface area contributed by atoms with Crippen molar-refractivity contribution in [1.29, 1.82) is 0 Å². The van der Waals surface area contributed by atoms with Crippen LogP contribution in [0.25, 0.3) is 11.1 Å². The van der Waals surface area contributed by atoms with Crippen LogP contribution >= 0.6 is 11.6 Å². The third kappa shape index (κ3) is 3.85. The summed E-state index contributed by atoms with van der Waals surface area (Å²) < 4.78 is 0. The molecule has 0 aliphatic carbocycles. The molecule has 0 bridgehead atoms. The van der Waals surface area contributed by atoms with Crippen LogP contribution in [0.4, 0.5) is 10.5 Å². The van der Waals surface area contributed by atoms with Gasteiger partial charge < -0.3 is 20.9 Å². The van der Waals surface area contributed by atoms with Gasteiger partial charge in [-0.25, -0.2) is 4.79 Å². The highest BCUT2D eigenvalue weighted by Crippen LogP contribution is 2.32. The predicted molar refractivity (Wildman–Crippen MR) is 116 cm³/mol. The van der Waals surface area contributed by atoms with Gasteiger partial charge in [-0.15, -0.1) is 0 Å². The van der Waals surface area contributed by atoms with E-state index in [1.165, 1.54) is 0 Å². The van der Waals surface area contributed by atoms with Gasteiger partial charge in [-0.05, 0) is 55.7 Å². The van der Waals surface area contributed by atoms with Gasteiger partial charge in [0.25, 0.3) is 5.91 Å². The molecule has 0 radical (unpaired) electrons. The summed E-state index contributed by atoms with van der Waals surface area (Å²) in [5, 5.41) is 9.10. The van der Waals surface area contributed by atoms with E-state index >= 15 is 0 Å². The molecular formula is C22H23ClN4O3. The Hall–Kier alpha value is -3.06. The second kappa shape index (κ2) is 7.99. The second-order valence-electron chi connectivity index (χ2n) is 7.87. The molecule has 2 heterocycles. The van der Waals surface area contributed by atoms with Crippen LogP contribution in [0.2, 0.25) is 5.02 Å². The van der Waals surface area contributed by atoms with Gasteiger partial charge in [-0.2, -0.15) is 0 Å². The van der Waals surface area contributed by atoms with E-state index in [0.29, 0.717) is 29.2 Å². The van der Waals surface area contributed by atoms with Gasteiger partial charge in [-0.1, -0.05) is 29.8 Å². The molecule has 8 heteroatoms. The van der Waals surface area contributed by atoms with Crippen molar-refractivity contribution in [2.24, 2.45) is 0 Å². The molecular weight excluding hydrogens is 404 g/mol. The third-order valence-corrected chi connectivity index (χ3v) is 5.60. The Balaban J connectivity index is 1.62. The summed E-state index contributed by atoms with van der Waals surface area (Å²) in [5.41, 5.74) is 2.69. The van der Waals surface area contributed by atoms with Crippen molar-refractivity contribution in [3.63, 3.8) is 0 Å². The molecule has 0 saturated carbocycles. The molecule has 1 fully saturated rings. The zero-order chi connectivity index (χ0) is 21.4. The second-order valence-corrected chi connectivity index (χ2v) is 8.30. The highest BCUT2D eigenvalue weighted by atomic mass is 35.5. The number of amides is 4. The van der Waals surface area contributed by atoms with Crippen LogP contribution in [0.1, 0.15) is 30.6 Å². The van der Waals surface area contributed by atoms with Gasteiger partial charge in [-0.3, -0.25) is 9.59 Å². The summed E-state index contributed by atoms with van der Waals surface area (Å²) >= 11 is 5.97. The maximum Gasteiger partial charge on any atom is 0.315 e. The van der Waals surface area contributed by atoms with Crippen molar-refractivity contribution in [1.82, 2.24) is 15.5 Å². The summed E-state index contributed by atoms with van der Waals surface area (Å²) in [4.78, 5) is 39.9. The maximum atomic E-state index is 13.3. The average molecular weight is 427 g/mol. The third-order valence-electron chi connectivity index (χ3n) is 5.35. The van der Waals surface area contributed by atoms with E-state index in [4.69, 9.17) is 11.6 Å². The van der Waals surface area contributed by atoms with Crippen molar-refractivity contribution >= 4 is 35.1 Å². The molecule has 0 aromatic heterocycles. The lowest BCUT2D eigenvalue weighted by molar-refractivity contribution is -0.120. The minimum Gasteiger partial charge on any atom is -0.336 e. The van der Waals surface area contributed by atoms with Crippen LogP contribution in [0.3, 0.4) is 0 Å².